The highest BCUT2D eigenvalue weighted by molar-refractivity contribution is 5.87. The van der Waals surface area contributed by atoms with Gasteiger partial charge in [0.15, 0.2) is 0 Å². The summed E-state index contributed by atoms with van der Waals surface area (Å²) < 4.78 is 37.8. The minimum absolute atomic E-state index is 0.00248. The van der Waals surface area contributed by atoms with Gasteiger partial charge in [-0.15, -0.1) is 0 Å². The molecule has 156 valence electrons. The summed E-state index contributed by atoms with van der Waals surface area (Å²) in [5.41, 5.74) is 7.03. The summed E-state index contributed by atoms with van der Waals surface area (Å²) in [6.07, 6.45) is -4.34. The molecule has 0 saturated carbocycles. The Hall–Kier alpha value is -2.83. The molecule has 1 atom stereocenters. The monoisotopic (exact) mass is 406 g/mol. The molecule has 2 aromatic carbocycles. The predicted octanol–water partition coefficient (Wildman–Crippen LogP) is 3.76. The Balaban J connectivity index is 2.01. The van der Waals surface area contributed by atoms with Gasteiger partial charge in [-0.05, 0) is 34.2 Å². The second kappa shape index (κ2) is 8.68. The van der Waals surface area contributed by atoms with E-state index in [-0.39, 0.29) is 18.3 Å². The molecule has 0 spiro atoms. The van der Waals surface area contributed by atoms with Crippen LogP contribution in [0.5, 0.6) is 0 Å². The second-order valence-corrected chi connectivity index (χ2v) is 8.04. The van der Waals surface area contributed by atoms with E-state index < -0.39 is 29.6 Å². The molecular weight excluding hydrogens is 381 g/mol. The first-order valence-corrected chi connectivity index (χ1v) is 9.20. The molecular formula is C22H25F3N2O2. The van der Waals surface area contributed by atoms with Crippen LogP contribution in [0.4, 0.5) is 13.2 Å². The van der Waals surface area contributed by atoms with Crippen molar-refractivity contribution in [3.05, 3.63) is 70.8 Å². The van der Waals surface area contributed by atoms with Gasteiger partial charge in [-0.25, -0.2) is 0 Å². The van der Waals surface area contributed by atoms with Crippen LogP contribution >= 0.6 is 0 Å². The van der Waals surface area contributed by atoms with E-state index in [0.29, 0.717) is 5.56 Å². The number of rotatable bonds is 6. The van der Waals surface area contributed by atoms with Crippen molar-refractivity contribution in [3.63, 3.8) is 0 Å². The second-order valence-electron chi connectivity index (χ2n) is 8.04. The number of halogens is 3. The lowest BCUT2D eigenvalue weighted by atomic mass is 9.86. The molecule has 0 aromatic heterocycles. The average Bonchev–Trinajstić information content (AvgIpc) is 2.60. The first-order chi connectivity index (χ1) is 13.4. The molecule has 0 bridgehead atoms. The maximum atomic E-state index is 12.6. The third-order valence-electron chi connectivity index (χ3n) is 4.58. The van der Waals surface area contributed by atoms with Crippen LogP contribution < -0.4 is 11.1 Å². The van der Waals surface area contributed by atoms with E-state index in [1.807, 2.05) is 24.3 Å². The quantitative estimate of drug-likeness (QED) is 0.767. The molecule has 0 heterocycles. The predicted molar refractivity (Wildman–Crippen MR) is 105 cm³/mol. The molecule has 0 fully saturated rings. The number of hydrogen-bond donors (Lipinski definition) is 2. The lowest BCUT2D eigenvalue weighted by Crippen LogP contribution is -2.46. The number of hydrogen-bond acceptors (Lipinski definition) is 2. The van der Waals surface area contributed by atoms with Gasteiger partial charge in [-0.2, -0.15) is 13.2 Å². The number of alkyl halides is 3. The van der Waals surface area contributed by atoms with Crippen molar-refractivity contribution < 1.29 is 22.8 Å². The number of nitrogens with one attached hydrogen (secondary N) is 1. The van der Waals surface area contributed by atoms with E-state index in [1.165, 1.54) is 12.1 Å². The van der Waals surface area contributed by atoms with Crippen LogP contribution in [0, 0.1) is 0 Å². The Labute approximate surface area is 168 Å². The fourth-order valence-electron chi connectivity index (χ4n) is 2.84. The van der Waals surface area contributed by atoms with Gasteiger partial charge < -0.3 is 11.1 Å². The molecule has 0 radical (unpaired) electrons. The third-order valence-corrected chi connectivity index (χ3v) is 4.58. The summed E-state index contributed by atoms with van der Waals surface area (Å²) in [7, 11) is 0. The van der Waals surface area contributed by atoms with E-state index in [4.69, 9.17) is 5.73 Å². The van der Waals surface area contributed by atoms with Crippen LogP contribution in [0.3, 0.4) is 0 Å². The van der Waals surface area contributed by atoms with E-state index in [0.717, 1.165) is 23.3 Å². The van der Waals surface area contributed by atoms with Crippen LogP contribution in [0.1, 0.15) is 43.0 Å². The molecule has 0 unspecified atom stereocenters. The van der Waals surface area contributed by atoms with Crippen molar-refractivity contribution in [2.24, 2.45) is 5.73 Å². The molecule has 2 rings (SSSR count). The van der Waals surface area contributed by atoms with Crippen molar-refractivity contribution >= 4 is 11.8 Å². The largest absolute Gasteiger partial charge is 0.416 e. The number of benzene rings is 2. The van der Waals surface area contributed by atoms with Crippen LogP contribution in [0.2, 0.25) is 0 Å². The average molecular weight is 406 g/mol. The Morgan fingerprint density at radius 3 is 1.83 bits per heavy atom. The molecule has 0 aliphatic rings. The van der Waals surface area contributed by atoms with Gasteiger partial charge in [-0.1, -0.05) is 57.2 Å². The van der Waals surface area contributed by atoms with Gasteiger partial charge in [0.2, 0.25) is 11.8 Å². The maximum absolute atomic E-state index is 12.6. The van der Waals surface area contributed by atoms with Crippen LogP contribution in [-0.2, 0) is 34.0 Å². The van der Waals surface area contributed by atoms with Gasteiger partial charge in [0.25, 0.3) is 0 Å². The highest BCUT2D eigenvalue weighted by Gasteiger charge is 2.30. The van der Waals surface area contributed by atoms with Crippen molar-refractivity contribution in [1.82, 2.24) is 5.32 Å². The number of nitrogens with two attached hydrogens (primary N) is 1. The fourth-order valence-corrected chi connectivity index (χ4v) is 2.84. The lowest BCUT2D eigenvalue weighted by molar-refractivity contribution is -0.137. The van der Waals surface area contributed by atoms with Crippen molar-refractivity contribution in [1.29, 1.82) is 0 Å². The van der Waals surface area contributed by atoms with E-state index in [9.17, 15) is 22.8 Å². The van der Waals surface area contributed by atoms with Crippen LogP contribution in [0.15, 0.2) is 48.5 Å². The number of carbonyl (C=O) groups excluding carboxylic acids is 2. The first-order valence-electron chi connectivity index (χ1n) is 9.20. The normalized spacial score (nSPS) is 13.0. The molecule has 0 aliphatic heterocycles. The summed E-state index contributed by atoms with van der Waals surface area (Å²) in [6.45, 7) is 6.28. The zero-order valence-electron chi connectivity index (χ0n) is 16.6. The smallest absolute Gasteiger partial charge is 0.368 e. The van der Waals surface area contributed by atoms with E-state index in [1.54, 1.807) is 0 Å². The number of carbonyl (C=O) groups is 2. The molecule has 2 amide bonds. The maximum Gasteiger partial charge on any atom is 0.416 e. The Bertz CT molecular complexity index is 852. The summed E-state index contributed by atoms with van der Waals surface area (Å²) in [6, 6.07) is 11.1. The van der Waals surface area contributed by atoms with Crippen molar-refractivity contribution in [2.45, 2.75) is 51.2 Å². The minimum Gasteiger partial charge on any atom is -0.368 e. The van der Waals surface area contributed by atoms with Gasteiger partial charge in [0, 0.05) is 6.42 Å². The Morgan fingerprint density at radius 1 is 0.897 bits per heavy atom. The number of primary amides is 1. The Morgan fingerprint density at radius 2 is 1.38 bits per heavy atom. The zero-order chi connectivity index (χ0) is 21.8. The third kappa shape index (κ3) is 6.62. The topological polar surface area (TPSA) is 72.2 Å². The molecule has 7 heteroatoms. The molecule has 3 N–H and O–H groups in total. The minimum atomic E-state index is -4.43. The van der Waals surface area contributed by atoms with Crippen LogP contribution in [0.25, 0.3) is 0 Å². The lowest BCUT2D eigenvalue weighted by Gasteiger charge is -2.20. The standard InChI is InChI=1S/C22H25F3N2O2/c1-21(2,3)16-8-4-14(5-9-16)12-18(20(26)29)27-19(28)13-15-6-10-17(11-7-15)22(23,24)25/h4-11,18H,12-13H2,1-3H3,(H2,26,29)(H,27,28)/t18-/m0/s1. The van der Waals surface area contributed by atoms with Gasteiger partial charge in [-0.3, -0.25) is 9.59 Å². The highest BCUT2D eigenvalue weighted by atomic mass is 19.4. The SMILES string of the molecule is CC(C)(C)c1ccc(C[C@H](NC(=O)Cc2ccc(C(F)(F)F)cc2)C(N)=O)cc1. The van der Waals surface area contributed by atoms with Crippen LogP contribution in [-0.4, -0.2) is 17.9 Å². The highest BCUT2D eigenvalue weighted by Crippen LogP contribution is 2.29. The van der Waals surface area contributed by atoms with Gasteiger partial charge in [0.1, 0.15) is 6.04 Å². The van der Waals surface area contributed by atoms with Crippen molar-refractivity contribution in [2.75, 3.05) is 0 Å². The summed E-state index contributed by atoms with van der Waals surface area (Å²) >= 11 is 0. The fraction of sp³-hybridized carbons (Fsp3) is 0.364. The summed E-state index contributed by atoms with van der Waals surface area (Å²) in [4.78, 5) is 24.0. The molecule has 2 aromatic rings. The first kappa shape index (κ1) is 22.5. The molecule has 29 heavy (non-hydrogen) atoms. The van der Waals surface area contributed by atoms with Crippen molar-refractivity contribution in [3.8, 4) is 0 Å². The van der Waals surface area contributed by atoms with E-state index in [2.05, 4.69) is 26.1 Å². The molecule has 0 aliphatic carbocycles. The molecule has 0 saturated heterocycles. The summed E-state index contributed by atoms with van der Waals surface area (Å²) in [5.74, 6) is -1.16. The molecule has 4 nitrogen and oxygen atoms in total. The van der Waals surface area contributed by atoms with Gasteiger partial charge >= 0.3 is 6.18 Å². The number of amides is 2. The summed E-state index contributed by atoms with van der Waals surface area (Å²) in [5, 5.41) is 2.57. The zero-order valence-corrected chi connectivity index (χ0v) is 16.6. The van der Waals surface area contributed by atoms with Gasteiger partial charge in [0.05, 0.1) is 12.0 Å². The van der Waals surface area contributed by atoms with E-state index >= 15 is 0 Å². The Kier molecular flexibility index (Phi) is 6.72.